The maximum atomic E-state index is 12.8. The Bertz CT molecular complexity index is 562. The SMILES string of the molecule is CCOC(=O)[C@H](C(=O)c1ccccc1)[C@@H]1C[C@H](C)NC(=S)N1. The molecule has 0 saturated carbocycles. The number of esters is 1. The lowest BCUT2D eigenvalue weighted by Gasteiger charge is -2.34. The van der Waals surface area contributed by atoms with Crippen LogP contribution < -0.4 is 10.6 Å². The summed E-state index contributed by atoms with van der Waals surface area (Å²) in [5, 5.41) is 6.56. The Morgan fingerprint density at radius 1 is 1.32 bits per heavy atom. The Kier molecular flexibility index (Phi) is 5.49. The van der Waals surface area contributed by atoms with Crippen molar-refractivity contribution >= 4 is 29.1 Å². The second-order valence-electron chi connectivity index (χ2n) is 5.32. The predicted molar refractivity (Wildman–Crippen MR) is 87.6 cm³/mol. The first kappa shape index (κ1) is 16.4. The van der Waals surface area contributed by atoms with Crippen LogP contribution in [0.1, 0.15) is 30.6 Å². The number of ketones is 1. The Hall–Kier alpha value is -1.95. The smallest absolute Gasteiger partial charge is 0.318 e. The molecule has 2 rings (SSSR count). The molecule has 0 aliphatic carbocycles. The summed E-state index contributed by atoms with van der Waals surface area (Å²) in [5.74, 6) is -1.65. The standard InChI is InChI=1S/C16H20N2O3S/c1-3-21-15(20)13(12-9-10(2)17-16(22)18-12)14(19)11-7-5-4-6-8-11/h4-8,10,12-13H,3,9H2,1-2H3,(H2,17,18,22)/t10-,12-,13-/m0/s1. The summed E-state index contributed by atoms with van der Waals surface area (Å²) >= 11 is 5.15. The van der Waals surface area contributed by atoms with E-state index in [4.69, 9.17) is 17.0 Å². The quantitative estimate of drug-likeness (QED) is 0.372. The van der Waals surface area contributed by atoms with E-state index in [0.717, 1.165) is 0 Å². The molecule has 1 aliphatic rings. The van der Waals surface area contributed by atoms with Crippen molar-refractivity contribution in [3.05, 3.63) is 35.9 Å². The molecular weight excluding hydrogens is 300 g/mol. The van der Waals surface area contributed by atoms with Crippen LogP contribution in [0.2, 0.25) is 0 Å². The van der Waals surface area contributed by atoms with Crippen molar-refractivity contribution in [3.8, 4) is 0 Å². The van der Waals surface area contributed by atoms with Crippen LogP contribution >= 0.6 is 12.2 Å². The van der Waals surface area contributed by atoms with Crippen molar-refractivity contribution in [3.63, 3.8) is 0 Å². The summed E-state index contributed by atoms with van der Waals surface area (Å²) in [5.41, 5.74) is 0.499. The Labute approximate surface area is 135 Å². The first-order chi connectivity index (χ1) is 10.5. The largest absolute Gasteiger partial charge is 0.465 e. The molecule has 1 aliphatic heterocycles. The molecular formula is C16H20N2O3S. The molecule has 5 nitrogen and oxygen atoms in total. The molecule has 1 aromatic carbocycles. The first-order valence-electron chi connectivity index (χ1n) is 7.35. The van der Waals surface area contributed by atoms with Gasteiger partial charge in [0.05, 0.1) is 12.6 Å². The molecule has 1 saturated heterocycles. The number of nitrogens with one attached hydrogen (secondary N) is 2. The highest BCUT2D eigenvalue weighted by Crippen LogP contribution is 2.20. The molecule has 1 fully saturated rings. The highest BCUT2D eigenvalue weighted by atomic mass is 32.1. The van der Waals surface area contributed by atoms with Crippen LogP contribution in [0.3, 0.4) is 0 Å². The monoisotopic (exact) mass is 320 g/mol. The minimum absolute atomic E-state index is 0.0965. The Balaban J connectivity index is 2.28. The van der Waals surface area contributed by atoms with Crippen molar-refractivity contribution in [2.24, 2.45) is 5.92 Å². The molecule has 118 valence electrons. The predicted octanol–water partition coefficient (Wildman–Crippen LogP) is 1.67. The lowest BCUT2D eigenvalue weighted by atomic mass is 9.86. The highest BCUT2D eigenvalue weighted by molar-refractivity contribution is 7.80. The van der Waals surface area contributed by atoms with Crippen LogP contribution in [-0.2, 0) is 9.53 Å². The summed E-state index contributed by atoms with van der Waals surface area (Å²) in [6.07, 6.45) is 0.613. The topological polar surface area (TPSA) is 67.4 Å². The maximum absolute atomic E-state index is 12.8. The Morgan fingerprint density at radius 2 is 2.00 bits per heavy atom. The van der Waals surface area contributed by atoms with Gasteiger partial charge in [-0.2, -0.15) is 0 Å². The second-order valence-corrected chi connectivity index (χ2v) is 5.73. The van der Waals surface area contributed by atoms with Gasteiger partial charge in [-0.1, -0.05) is 30.3 Å². The van der Waals surface area contributed by atoms with E-state index in [-0.39, 0.29) is 24.5 Å². The van der Waals surface area contributed by atoms with E-state index in [0.29, 0.717) is 17.1 Å². The van der Waals surface area contributed by atoms with Crippen molar-refractivity contribution in [1.29, 1.82) is 0 Å². The molecule has 22 heavy (non-hydrogen) atoms. The fourth-order valence-electron chi connectivity index (χ4n) is 2.62. The number of carbonyl (C=O) groups excluding carboxylic acids is 2. The molecule has 2 N–H and O–H groups in total. The minimum atomic E-state index is -0.898. The summed E-state index contributed by atoms with van der Waals surface area (Å²) < 4.78 is 5.11. The highest BCUT2D eigenvalue weighted by Gasteiger charge is 2.39. The molecule has 1 aromatic rings. The summed E-state index contributed by atoms with van der Waals surface area (Å²) in [4.78, 5) is 25.1. The zero-order chi connectivity index (χ0) is 16.1. The van der Waals surface area contributed by atoms with Crippen LogP contribution in [0.15, 0.2) is 30.3 Å². The second kappa shape index (κ2) is 7.35. The van der Waals surface area contributed by atoms with E-state index in [1.807, 2.05) is 13.0 Å². The number of hydrogen-bond donors (Lipinski definition) is 2. The lowest BCUT2D eigenvalue weighted by Crippen LogP contribution is -2.58. The van der Waals surface area contributed by atoms with Gasteiger partial charge in [-0.3, -0.25) is 9.59 Å². The number of rotatable bonds is 5. The number of thiocarbonyl (C=S) groups is 1. The normalized spacial score (nSPS) is 22.2. The van der Waals surface area contributed by atoms with Gasteiger partial charge in [0.1, 0.15) is 5.92 Å². The van der Waals surface area contributed by atoms with Gasteiger partial charge in [0.25, 0.3) is 0 Å². The fraction of sp³-hybridized carbons (Fsp3) is 0.438. The van der Waals surface area contributed by atoms with Crippen LogP contribution in [0, 0.1) is 5.92 Å². The van der Waals surface area contributed by atoms with Crippen molar-refractivity contribution < 1.29 is 14.3 Å². The van der Waals surface area contributed by atoms with Crippen molar-refractivity contribution in [2.75, 3.05) is 6.61 Å². The third-order valence-electron chi connectivity index (χ3n) is 3.59. The van der Waals surface area contributed by atoms with Gasteiger partial charge in [-0.05, 0) is 32.5 Å². The minimum Gasteiger partial charge on any atom is -0.465 e. The van der Waals surface area contributed by atoms with Gasteiger partial charge < -0.3 is 15.4 Å². The molecule has 0 unspecified atom stereocenters. The molecule has 0 radical (unpaired) electrons. The summed E-state index contributed by atoms with van der Waals surface area (Å²) in [6.45, 7) is 3.93. The van der Waals surface area contributed by atoms with Gasteiger partial charge in [-0.25, -0.2) is 0 Å². The fourth-order valence-corrected chi connectivity index (χ4v) is 2.97. The summed E-state index contributed by atoms with van der Waals surface area (Å²) in [7, 11) is 0. The molecule has 0 aromatic heterocycles. The first-order valence-corrected chi connectivity index (χ1v) is 7.76. The van der Waals surface area contributed by atoms with Crippen LogP contribution in [-0.4, -0.2) is 35.6 Å². The van der Waals surface area contributed by atoms with E-state index in [9.17, 15) is 9.59 Å². The van der Waals surface area contributed by atoms with Crippen LogP contribution in [0.25, 0.3) is 0 Å². The molecule has 6 heteroatoms. The van der Waals surface area contributed by atoms with Crippen molar-refractivity contribution in [1.82, 2.24) is 10.6 Å². The molecule has 3 atom stereocenters. The van der Waals surface area contributed by atoms with E-state index in [1.165, 1.54) is 0 Å². The van der Waals surface area contributed by atoms with Gasteiger partial charge in [-0.15, -0.1) is 0 Å². The van der Waals surface area contributed by atoms with E-state index in [2.05, 4.69) is 10.6 Å². The van der Waals surface area contributed by atoms with E-state index < -0.39 is 11.9 Å². The van der Waals surface area contributed by atoms with E-state index in [1.54, 1.807) is 31.2 Å². The molecule has 1 heterocycles. The lowest BCUT2D eigenvalue weighted by molar-refractivity contribution is -0.147. The number of carbonyl (C=O) groups is 2. The van der Waals surface area contributed by atoms with Gasteiger partial charge in [0, 0.05) is 11.6 Å². The number of Topliss-reactive ketones (excluding diaryl/α,β-unsaturated/α-hetero) is 1. The number of ether oxygens (including phenoxy) is 1. The Morgan fingerprint density at radius 3 is 2.59 bits per heavy atom. The van der Waals surface area contributed by atoms with Gasteiger partial charge >= 0.3 is 5.97 Å². The third-order valence-corrected chi connectivity index (χ3v) is 3.82. The molecule has 0 amide bonds. The van der Waals surface area contributed by atoms with Gasteiger partial charge in [0.2, 0.25) is 0 Å². The third kappa shape index (κ3) is 3.82. The molecule has 0 spiro atoms. The number of hydrogen-bond acceptors (Lipinski definition) is 4. The van der Waals surface area contributed by atoms with Crippen molar-refractivity contribution in [2.45, 2.75) is 32.4 Å². The van der Waals surface area contributed by atoms with E-state index >= 15 is 0 Å². The summed E-state index contributed by atoms with van der Waals surface area (Å²) in [6, 6.07) is 8.52. The van der Waals surface area contributed by atoms with Gasteiger partial charge in [0.15, 0.2) is 10.9 Å². The average Bonchev–Trinajstić information content (AvgIpc) is 2.47. The average molecular weight is 320 g/mol. The zero-order valence-electron chi connectivity index (χ0n) is 12.7. The molecule has 0 bridgehead atoms. The van der Waals surface area contributed by atoms with Crippen LogP contribution in [0.5, 0.6) is 0 Å². The van der Waals surface area contributed by atoms with Crippen LogP contribution in [0.4, 0.5) is 0 Å². The number of benzene rings is 1. The zero-order valence-corrected chi connectivity index (χ0v) is 13.5. The maximum Gasteiger partial charge on any atom is 0.318 e.